The van der Waals surface area contributed by atoms with Crippen molar-refractivity contribution in [3.05, 3.63) is 28.8 Å². The van der Waals surface area contributed by atoms with Crippen LogP contribution in [0.25, 0.3) is 10.6 Å². The summed E-state index contributed by atoms with van der Waals surface area (Å²) in [4.78, 5) is 23.4. The second kappa shape index (κ2) is 12.9. The van der Waals surface area contributed by atoms with Crippen LogP contribution in [0.2, 0.25) is 0 Å². The van der Waals surface area contributed by atoms with Crippen LogP contribution in [0.4, 0.5) is 0 Å². The molecule has 1 aliphatic rings. The van der Waals surface area contributed by atoms with Crippen molar-refractivity contribution >= 4 is 17.2 Å². The lowest BCUT2D eigenvalue weighted by molar-refractivity contribution is 0.0324. The van der Waals surface area contributed by atoms with Crippen LogP contribution >= 0.6 is 11.3 Å². The van der Waals surface area contributed by atoms with E-state index in [0.717, 1.165) is 79.9 Å². The zero-order valence-electron chi connectivity index (χ0n) is 20.4. The van der Waals surface area contributed by atoms with E-state index in [1.54, 1.807) is 14.2 Å². The Morgan fingerprint density at radius 1 is 1.12 bits per heavy atom. The molecular weight excluding hydrogens is 438 g/mol. The number of amides is 1. The van der Waals surface area contributed by atoms with Gasteiger partial charge >= 0.3 is 0 Å². The second-order valence-electron chi connectivity index (χ2n) is 8.31. The van der Waals surface area contributed by atoms with E-state index in [1.807, 2.05) is 30.0 Å². The van der Waals surface area contributed by atoms with Gasteiger partial charge < -0.3 is 19.1 Å². The fraction of sp³-hybridized carbons (Fsp3) is 0.600. The number of benzene rings is 1. The first-order valence-corrected chi connectivity index (χ1v) is 12.7. The normalized spacial score (nSPS) is 14.3. The third kappa shape index (κ3) is 6.91. The molecule has 3 rings (SSSR count). The van der Waals surface area contributed by atoms with Crippen LogP contribution in [0, 0.1) is 6.92 Å². The van der Waals surface area contributed by atoms with Gasteiger partial charge in [-0.2, -0.15) is 0 Å². The van der Waals surface area contributed by atoms with Gasteiger partial charge in [0.1, 0.15) is 9.88 Å². The van der Waals surface area contributed by atoms with Gasteiger partial charge in [-0.25, -0.2) is 4.98 Å². The monoisotopic (exact) mass is 475 g/mol. The number of unbranched alkanes of at least 4 members (excludes halogenated alkanes) is 3. The highest BCUT2D eigenvalue weighted by Gasteiger charge is 2.23. The molecule has 0 saturated carbocycles. The van der Waals surface area contributed by atoms with Gasteiger partial charge in [-0.05, 0) is 31.5 Å². The van der Waals surface area contributed by atoms with Crippen LogP contribution in [0.1, 0.15) is 48.0 Å². The zero-order valence-corrected chi connectivity index (χ0v) is 21.2. The molecule has 8 heteroatoms. The Labute approximate surface area is 201 Å². The maximum Gasteiger partial charge on any atom is 0.265 e. The fourth-order valence-electron chi connectivity index (χ4n) is 3.96. The highest BCUT2D eigenvalue weighted by Crippen LogP contribution is 2.35. The topological polar surface area (TPSA) is 64.1 Å². The third-order valence-electron chi connectivity index (χ3n) is 5.98. The summed E-state index contributed by atoms with van der Waals surface area (Å²) in [5.41, 5.74) is 1.70. The molecule has 1 aromatic heterocycles. The van der Waals surface area contributed by atoms with Crippen LogP contribution < -0.4 is 9.47 Å². The van der Waals surface area contributed by atoms with Crippen molar-refractivity contribution in [3.8, 4) is 22.1 Å². The van der Waals surface area contributed by atoms with Crippen molar-refractivity contribution in [2.45, 2.75) is 39.5 Å². The van der Waals surface area contributed by atoms with E-state index >= 15 is 0 Å². The quantitative estimate of drug-likeness (QED) is 0.422. The van der Waals surface area contributed by atoms with Crippen LogP contribution in [0.15, 0.2) is 18.2 Å². The van der Waals surface area contributed by atoms with Crippen LogP contribution in [0.3, 0.4) is 0 Å². The molecule has 182 valence electrons. The minimum Gasteiger partial charge on any atom is -0.493 e. The van der Waals surface area contributed by atoms with Gasteiger partial charge in [-0.3, -0.25) is 9.69 Å². The summed E-state index contributed by atoms with van der Waals surface area (Å²) in [7, 11) is 3.24. The predicted octanol–water partition coefficient (Wildman–Crippen LogP) is 4.49. The maximum atomic E-state index is 13.6. The molecule has 1 saturated heterocycles. The molecule has 1 amide bonds. The number of carbonyl (C=O) groups is 1. The summed E-state index contributed by atoms with van der Waals surface area (Å²) in [6.45, 7) is 9.92. The summed E-state index contributed by atoms with van der Waals surface area (Å²) in [6.07, 6.45) is 4.57. The predicted molar refractivity (Wildman–Crippen MR) is 133 cm³/mol. The highest BCUT2D eigenvalue weighted by atomic mass is 32.1. The van der Waals surface area contributed by atoms with Crippen molar-refractivity contribution in [1.29, 1.82) is 0 Å². The minimum atomic E-state index is 0.0847. The van der Waals surface area contributed by atoms with E-state index in [2.05, 4.69) is 11.8 Å². The Kier molecular flexibility index (Phi) is 9.96. The molecule has 2 aromatic rings. The lowest BCUT2D eigenvalue weighted by atomic mass is 10.2. The van der Waals surface area contributed by atoms with Crippen molar-refractivity contribution in [1.82, 2.24) is 14.8 Å². The molecule has 7 nitrogen and oxygen atoms in total. The molecule has 0 aliphatic carbocycles. The van der Waals surface area contributed by atoms with Crippen molar-refractivity contribution < 1.29 is 19.0 Å². The summed E-state index contributed by atoms with van der Waals surface area (Å²) >= 11 is 1.45. The van der Waals surface area contributed by atoms with Gasteiger partial charge in [-0.15, -0.1) is 11.3 Å². The lowest BCUT2D eigenvalue weighted by Crippen LogP contribution is -2.43. The number of methoxy groups -OCH3 is 2. The number of aromatic nitrogens is 1. The van der Waals surface area contributed by atoms with E-state index < -0.39 is 0 Å². The van der Waals surface area contributed by atoms with Gasteiger partial charge in [0.25, 0.3) is 5.91 Å². The van der Waals surface area contributed by atoms with Gasteiger partial charge in [0.15, 0.2) is 11.5 Å². The van der Waals surface area contributed by atoms with E-state index in [-0.39, 0.29) is 5.91 Å². The fourth-order valence-corrected chi connectivity index (χ4v) is 4.99. The molecule has 0 atom stereocenters. The second-order valence-corrected chi connectivity index (χ2v) is 9.31. The summed E-state index contributed by atoms with van der Waals surface area (Å²) in [6, 6.07) is 5.73. The molecular formula is C25H37N3O4S. The molecule has 1 aliphatic heterocycles. The average molecular weight is 476 g/mol. The summed E-state index contributed by atoms with van der Waals surface area (Å²) in [5, 5.41) is 0.816. The minimum absolute atomic E-state index is 0.0847. The first-order valence-electron chi connectivity index (χ1n) is 11.9. The number of nitrogens with zero attached hydrogens (tertiary/aromatic N) is 3. The molecule has 2 heterocycles. The van der Waals surface area contributed by atoms with Crippen molar-refractivity contribution in [3.63, 3.8) is 0 Å². The highest BCUT2D eigenvalue weighted by molar-refractivity contribution is 7.17. The van der Waals surface area contributed by atoms with Crippen LogP contribution in [-0.4, -0.2) is 80.8 Å². The molecule has 33 heavy (non-hydrogen) atoms. The Morgan fingerprint density at radius 2 is 1.88 bits per heavy atom. The first kappa shape index (κ1) is 25.5. The Morgan fingerprint density at radius 3 is 2.58 bits per heavy atom. The van der Waals surface area contributed by atoms with E-state index in [4.69, 9.17) is 19.2 Å². The molecule has 0 unspecified atom stereocenters. The van der Waals surface area contributed by atoms with Gasteiger partial charge in [0.05, 0.1) is 33.1 Å². The number of hydrogen-bond acceptors (Lipinski definition) is 7. The lowest BCUT2D eigenvalue weighted by Gasteiger charge is -2.30. The van der Waals surface area contributed by atoms with E-state index in [1.165, 1.54) is 24.2 Å². The first-order chi connectivity index (χ1) is 16.1. The van der Waals surface area contributed by atoms with E-state index in [9.17, 15) is 4.79 Å². The number of aryl methyl sites for hydroxylation is 1. The zero-order chi connectivity index (χ0) is 23.6. The largest absolute Gasteiger partial charge is 0.493 e. The van der Waals surface area contributed by atoms with Crippen LogP contribution in [-0.2, 0) is 4.74 Å². The molecule has 0 N–H and O–H groups in total. The summed E-state index contributed by atoms with van der Waals surface area (Å²) < 4.78 is 16.2. The van der Waals surface area contributed by atoms with Crippen molar-refractivity contribution in [2.24, 2.45) is 0 Å². The Balaban J connectivity index is 1.76. The summed E-state index contributed by atoms with van der Waals surface area (Å²) in [5.74, 6) is 1.41. The Hall–Kier alpha value is -2.16. The van der Waals surface area contributed by atoms with Gasteiger partial charge in [0.2, 0.25) is 0 Å². The number of thiazole rings is 1. The van der Waals surface area contributed by atoms with Crippen molar-refractivity contribution in [2.75, 3.05) is 60.2 Å². The Bertz CT molecular complexity index is 896. The number of carbonyl (C=O) groups excluding carboxylic acids is 1. The SMILES string of the molecule is CCCCCCN(CCN1CCOCC1)C(=O)c1sc(-c2ccc(OC)c(OC)c2)nc1C. The van der Waals surface area contributed by atoms with Crippen LogP contribution in [0.5, 0.6) is 11.5 Å². The smallest absolute Gasteiger partial charge is 0.265 e. The number of ether oxygens (including phenoxy) is 3. The average Bonchev–Trinajstić information content (AvgIpc) is 3.24. The number of rotatable bonds is 12. The van der Waals surface area contributed by atoms with E-state index in [0.29, 0.717) is 11.5 Å². The molecule has 1 fully saturated rings. The third-order valence-corrected chi connectivity index (χ3v) is 7.17. The molecule has 0 radical (unpaired) electrons. The number of morpholine rings is 1. The molecule has 0 bridgehead atoms. The maximum absolute atomic E-state index is 13.6. The molecule has 1 aromatic carbocycles. The van der Waals surface area contributed by atoms with Gasteiger partial charge in [0, 0.05) is 38.3 Å². The number of hydrogen-bond donors (Lipinski definition) is 0. The standard InChI is InChI=1S/C25H37N3O4S/c1-5-6-7-8-11-28(13-12-27-14-16-32-17-15-27)25(29)23-19(2)26-24(33-23)20-9-10-21(30-3)22(18-20)31-4/h9-10,18H,5-8,11-17H2,1-4H3. The van der Waals surface area contributed by atoms with Gasteiger partial charge in [-0.1, -0.05) is 26.2 Å². The molecule has 0 spiro atoms.